The Labute approximate surface area is 125 Å². The van der Waals surface area contributed by atoms with Crippen molar-refractivity contribution in [2.45, 2.75) is 82.2 Å². The van der Waals surface area contributed by atoms with Gasteiger partial charge in [-0.05, 0) is 38.5 Å². The van der Waals surface area contributed by atoms with E-state index in [1.54, 1.807) is 0 Å². The monoisotopic (exact) mass is 289 g/mol. The van der Waals surface area contributed by atoms with E-state index >= 15 is 0 Å². The molecular weight excluding hydrogens is 266 g/mol. The van der Waals surface area contributed by atoms with E-state index in [0.29, 0.717) is 36.7 Å². The van der Waals surface area contributed by atoms with Gasteiger partial charge in [-0.3, -0.25) is 4.79 Å². The first-order valence-corrected chi connectivity index (χ1v) is 8.45. The maximum Gasteiger partial charge on any atom is 0.227 e. The molecule has 0 saturated heterocycles. The van der Waals surface area contributed by atoms with E-state index in [4.69, 9.17) is 4.52 Å². The van der Waals surface area contributed by atoms with Crippen LogP contribution in [0.25, 0.3) is 0 Å². The Morgan fingerprint density at radius 2 is 1.81 bits per heavy atom. The van der Waals surface area contributed by atoms with Crippen molar-refractivity contribution in [2.24, 2.45) is 0 Å². The Bertz CT molecular complexity index is 513. The lowest BCUT2D eigenvalue weighted by molar-refractivity contribution is -0.134. The third kappa shape index (κ3) is 2.97. The van der Waals surface area contributed by atoms with Gasteiger partial charge in [-0.2, -0.15) is 4.98 Å². The molecule has 0 aromatic carbocycles. The molecule has 3 fully saturated rings. The summed E-state index contributed by atoms with van der Waals surface area (Å²) in [7, 11) is 0. The summed E-state index contributed by atoms with van der Waals surface area (Å²) in [5.41, 5.74) is 0. The third-order valence-electron chi connectivity index (χ3n) is 4.93. The molecule has 21 heavy (non-hydrogen) atoms. The summed E-state index contributed by atoms with van der Waals surface area (Å²) in [6.07, 6.45) is 10.8. The highest BCUT2D eigenvalue weighted by molar-refractivity contribution is 5.77. The molecule has 0 atom stereocenters. The standard InChI is InChI=1S/C16H23N3O2/c20-15(19(13-7-8-13)12-3-1-2-4-12)10-9-14-17-16(18-21-14)11-5-6-11/h11-13H,1-10H2. The zero-order chi connectivity index (χ0) is 14.2. The molecule has 3 saturated carbocycles. The first kappa shape index (κ1) is 13.3. The van der Waals surface area contributed by atoms with E-state index in [0.717, 1.165) is 5.82 Å². The highest BCUT2D eigenvalue weighted by Crippen LogP contribution is 2.38. The number of aromatic nitrogens is 2. The van der Waals surface area contributed by atoms with Crippen LogP contribution in [0.5, 0.6) is 0 Å². The summed E-state index contributed by atoms with van der Waals surface area (Å²) in [5, 5.41) is 4.01. The van der Waals surface area contributed by atoms with Crippen LogP contribution in [0, 0.1) is 0 Å². The number of rotatable bonds is 6. The molecule has 1 heterocycles. The van der Waals surface area contributed by atoms with Crippen molar-refractivity contribution in [3.63, 3.8) is 0 Å². The molecule has 0 bridgehead atoms. The van der Waals surface area contributed by atoms with Crippen LogP contribution in [0.4, 0.5) is 0 Å². The molecule has 0 radical (unpaired) electrons. The van der Waals surface area contributed by atoms with Crippen molar-refractivity contribution in [3.05, 3.63) is 11.7 Å². The van der Waals surface area contributed by atoms with Gasteiger partial charge >= 0.3 is 0 Å². The van der Waals surface area contributed by atoms with Gasteiger partial charge < -0.3 is 9.42 Å². The molecule has 5 nitrogen and oxygen atoms in total. The van der Waals surface area contributed by atoms with E-state index in [1.165, 1.54) is 51.4 Å². The minimum atomic E-state index is 0.288. The largest absolute Gasteiger partial charge is 0.339 e. The van der Waals surface area contributed by atoms with Crippen LogP contribution in [0.1, 0.15) is 75.4 Å². The SMILES string of the molecule is O=C(CCc1nc(C2CC2)no1)N(C1CCCC1)C1CC1. The number of aryl methyl sites for hydroxylation is 1. The van der Waals surface area contributed by atoms with E-state index in [2.05, 4.69) is 15.0 Å². The van der Waals surface area contributed by atoms with Crippen LogP contribution in [0.2, 0.25) is 0 Å². The maximum absolute atomic E-state index is 12.6. The Morgan fingerprint density at radius 1 is 1.10 bits per heavy atom. The van der Waals surface area contributed by atoms with Gasteiger partial charge in [-0.15, -0.1) is 0 Å². The van der Waals surface area contributed by atoms with Crippen molar-refractivity contribution >= 4 is 5.91 Å². The summed E-state index contributed by atoms with van der Waals surface area (Å²) in [6, 6.07) is 1.01. The fraction of sp³-hybridized carbons (Fsp3) is 0.812. The Balaban J connectivity index is 1.34. The van der Waals surface area contributed by atoms with Crippen molar-refractivity contribution in [2.75, 3.05) is 0 Å². The summed E-state index contributed by atoms with van der Waals surface area (Å²) < 4.78 is 5.27. The average Bonchev–Trinajstić information content (AvgIpc) is 3.40. The summed E-state index contributed by atoms with van der Waals surface area (Å²) >= 11 is 0. The van der Waals surface area contributed by atoms with Gasteiger partial charge in [0.2, 0.25) is 11.8 Å². The second-order valence-electron chi connectivity index (χ2n) is 6.79. The normalized spacial score (nSPS) is 22.7. The Morgan fingerprint density at radius 3 is 2.48 bits per heavy atom. The number of hydrogen-bond acceptors (Lipinski definition) is 4. The Hall–Kier alpha value is -1.39. The zero-order valence-electron chi connectivity index (χ0n) is 12.5. The molecule has 0 N–H and O–H groups in total. The smallest absolute Gasteiger partial charge is 0.227 e. The zero-order valence-corrected chi connectivity index (χ0v) is 12.5. The van der Waals surface area contributed by atoms with Gasteiger partial charge in [0.15, 0.2) is 5.82 Å². The first-order valence-electron chi connectivity index (χ1n) is 8.45. The quantitative estimate of drug-likeness (QED) is 0.808. The first-order chi connectivity index (χ1) is 10.3. The summed E-state index contributed by atoms with van der Waals surface area (Å²) in [6.45, 7) is 0. The molecule has 1 amide bonds. The number of nitrogens with zero attached hydrogens (tertiary/aromatic N) is 3. The highest BCUT2D eigenvalue weighted by atomic mass is 16.5. The molecular formula is C16H23N3O2. The summed E-state index contributed by atoms with van der Waals surface area (Å²) in [5.74, 6) is 2.27. The van der Waals surface area contributed by atoms with Crippen LogP contribution >= 0.6 is 0 Å². The third-order valence-corrected chi connectivity index (χ3v) is 4.93. The van der Waals surface area contributed by atoms with Gasteiger partial charge in [0.25, 0.3) is 0 Å². The van der Waals surface area contributed by atoms with E-state index in [9.17, 15) is 4.79 Å². The number of carbonyl (C=O) groups excluding carboxylic acids is 1. The average molecular weight is 289 g/mol. The second-order valence-corrected chi connectivity index (χ2v) is 6.79. The van der Waals surface area contributed by atoms with Gasteiger partial charge in [-0.1, -0.05) is 18.0 Å². The molecule has 3 aliphatic carbocycles. The molecule has 0 aliphatic heterocycles. The van der Waals surface area contributed by atoms with E-state index in [1.807, 2.05) is 0 Å². The van der Waals surface area contributed by atoms with Crippen LogP contribution in [-0.2, 0) is 11.2 Å². The van der Waals surface area contributed by atoms with Crippen LogP contribution in [-0.4, -0.2) is 33.0 Å². The van der Waals surface area contributed by atoms with Gasteiger partial charge in [0, 0.05) is 30.8 Å². The molecule has 5 heteroatoms. The molecule has 1 aromatic rings. The van der Waals surface area contributed by atoms with Gasteiger partial charge in [0.05, 0.1) is 0 Å². The number of hydrogen-bond donors (Lipinski definition) is 0. The van der Waals surface area contributed by atoms with Crippen LogP contribution < -0.4 is 0 Å². The van der Waals surface area contributed by atoms with Crippen molar-refractivity contribution in [1.29, 1.82) is 0 Å². The molecule has 0 unspecified atom stereocenters. The summed E-state index contributed by atoms with van der Waals surface area (Å²) in [4.78, 5) is 19.2. The Kier molecular flexibility index (Phi) is 3.43. The predicted octanol–water partition coefficient (Wildman–Crippen LogP) is 2.81. The predicted molar refractivity (Wildman–Crippen MR) is 76.7 cm³/mol. The highest BCUT2D eigenvalue weighted by Gasteiger charge is 2.38. The minimum Gasteiger partial charge on any atom is -0.339 e. The fourth-order valence-corrected chi connectivity index (χ4v) is 3.46. The second kappa shape index (κ2) is 5.43. The van der Waals surface area contributed by atoms with Crippen LogP contribution in [0.3, 0.4) is 0 Å². The van der Waals surface area contributed by atoms with Gasteiger partial charge in [0.1, 0.15) is 0 Å². The maximum atomic E-state index is 12.6. The number of carbonyl (C=O) groups is 1. The van der Waals surface area contributed by atoms with Crippen molar-refractivity contribution in [3.8, 4) is 0 Å². The minimum absolute atomic E-state index is 0.288. The topological polar surface area (TPSA) is 59.2 Å². The van der Waals surface area contributed by atoms with Crippen molar-refractivity contribution < 1.29 is 9.32 Å². The molecule has 114 valence electrons. The molecule has 1 aromatic heterocycles. The fourth-order valence-electron chi connectivity index (χ4n) is 3.46. The van der Waals surface area contributed by atoms with Crippen LogP contribution in [0.15, 0.2) is 4.52 Å². The number of amides is 1. The van der Waals surface area contributed by atoms with Gasteiger partial charge in [-0.25, -0.2) is 0 Å². The molecule has 4 rings (SSSR count). The van der Waals surface area contributed by atoms with Crippen molar-refractivity contribution in [1.82, 2.24) is 15.0 Å². The lowest BCUT2D eigenvalue weighted by Crippen LogP contribution is -2.40. The lowest BCUT2D eigenvalue weighted by Gasteiger charge is -2.29. The molecule has 3 aliphatic rings. The van der Waals surface area contributed by atoms with E-state index in [-0.39, 0.29) is 5.91 Å². The van der Waals surface area contributed by atoms with E-state index < -0.39 is 0 Å². The lowest BCUT2D eigenvalue weighted by atomic mass is 10.1. The molecule has 0 spiro atoms.